The maximum atomic E-state index is 13.5. The van der Waals surface area contributed by atoms with Gasteiger partial charge in [0.2, 0.25) is 5.91 Å². The number of hydrogen-bond acceptors (Lipinski definition) is 6. The Hall–Kier alpha value is -3.37. The van der Waals surface area contributed by atoms with Gasteiger partial charge in [0, 0.05) is 38.2 Å². The molecule has 2 saturated carbocycles. The van der Waals surface area contributed by atoms with Crippen molar-refractivity contribution in [1.82, 2.24) is 9.80 Å². The number of carbonyl (C=O) groups is 2. The van der Waals surface area contributed by atoms with E-state index >= 15 is 0 Å². The minimum Gasteiger partial charge on any atom is -0.483 e. The highest BCUT2D eigenvalue weighted by Gasteiger charge is 2.73. The normalized spacial score (nSPS) is 31.0. The zero-order valence-electron chi connectivity index (χ0n) is 24.2. The van der Waals surface area contributed by atoms with Crippen molar-refractivity contribution in [2.75, 3.05) is 20.1 Å². The molecule has 7 nitrogen and oxygen atoms in total. The zero-order chi connectivity index (χ0) is 30.3. The van der Waals surface area contributed by atoms with Gasteiger partial charge in [-0.2, -0.15) is 13.2 Å². The van der Waals surface area contributed by atoms with Crippen LogP contribution in [-0.2, 0) is 27.6 Å². The van der Waals surface area contributed by atoms with E-state index in [4.69, 9.17) is 9.47 Å². The average Bonchev–Trinajstić information content (AvgIpc) is 3.70. The van der Waals surface area contributed by atoms with Crippen LogP contribution in [0.1, 0.15) is 61.3 Å². The van der Waals surface area contributed by atoms with Crippen LogP contribution >= 0.6 is 0 Å². The number of amides is 1. The molecule has 2 bridgehead atoms. The molecule has 2 heterocycles. The van der Waals surface area contributed by atoms with Crippen LogP contribution in [0.15, 0.2) is 42.5 Å². The SMILES string of the molecule is CC(=O)Oc1ccc2c3c1O[C@H]1[C@@H](N(C)C(=O)C=Cc4ccc(C(F)(F)F)cc4)CC[C@@]4(O)[C@@H](C2)N(CC2CC2)CC[C@]314. The molecule has 2 aromatic rings. The van der Waals surface area contributed by atoms with Crippen molar-refractivity contribution >= 4 is 18.0 Å². The van der Waals surface area contributed by atoms with Gasteiger partial charge in [-0.05, 0) is 86.4 Å². The molecule has 10 heteroatoms. The van der Waals surface area contributed by atoms with Crippen molar-refractivity contribution in [3.63, 3.8) is 0 Å². The van der Waals surface area contributed by atoms with Crippen LogP contribution in [0.3, 0.4) is 0 Å². The summed E-state index contributed by atoms with van der Waals surface area (Å²) < 4.78 is 51.1. The fourth-order valence-electron chi connectivity index (χ4n) is 8.31. The molecule has 1 saturated heterocycles. The van der Waals surface area contributed by atoms with E-state index in [1.54, 1.807) is 18.0 Å². The lowest BCUT2D eigenvalue weighted by atomic mass is 9.48. The van der Waals surface area contributed by atoms with E-state index in [-0.39, 0.29) is 18.0 Å². The number of likely N-dealkylation sites (tertiary alicyclic amines) is 1. The monoisotopic (exact) mass is 596 g/mol. The first-order valence-corrected chi connectivity index (χ1v) is 15.0. The zero-order valence-corrected chi connectivity index (χ0v) is 24.2. The predicted molar refractivity (Wildman–Crippen MR) is 151 cm³/mol. The van der Waals surface area contributed by atoms with Gasteiger partial charge in [-0.3, -0.25) is 14.5 Å². The van der Waals surface area contributed by atoms with E-state index in [9.17, 15) is 27.9 Å². The third-order valence-corrected chi connectivity index (χ3v) is 10.5. The first-order valence-electron chi connectivity index (χ1n) is 15.0. The molecule has 1 amide bonds. The molecule has 3 fully saturated rings. The summed E-state index contributed by atoms with van der Waals surface area (Å²) in [5.74, 6) is 0.704. The summed E-state index contributed by atoms with van der Waals surface area (Å²) in [5.41, 5.74) is -0.127. The number of benzene rings is 2. The second kappa shape index (κ2) is 9.82. The van der Waals surface area contributed by atoms with Gasteiger partial charge in [0.1, 0.15) is 6.10 Å². The van der Waals surface area contributed by atoms with Crippen LogP contribution in [0.25, 0.3) is 6.08 Å². The standard InChI is InChI=1S/C33H35F3N2O5/c1-19(39)42-25-11-8-22-17-26-32(41)14-13-24(37(2)27(40)12-7-20-5-9-23(10-6-20)33(34,35)36)30-31(32,28(22)29(25)43-30)15-16-38(26)18-21-3-4-21/h5-12,21,24,26,30,41H,3-4,13-18H2,1-2H3/t24-,26+,30-,31-,32+/m0/s1. The van der Waals surface area contributed by atoms with Crippen LogP contribution in [0, 0.1) is 5.92 Å². The first kappa shape index (κ1) is 28.4. The molecule has 2 aliphatic heterocycles. The Morgan fingerprint density at radius 2 is 1.88 bits per heavy atom. The number of carbonyl (C=O) groups excluding carboxylic acids is 2. The number of rotatable bonds is 6. The third-order valence-electron chi connectivity index (χ3n) is 10.5. The van der Waals surface area contributed by atoms with Gasteiger partial charge in [0.15, 0.2) is 11.5 Å². The molecule has 43 heavy (non-hydrogen) atoms. The van der Waals surface area contributed by atoms with Crippen LogP contribution in [0.4, 0.5) is 13.2 Å². The molecule has 7 rings (SSSR count). The number of likely N-dealkylation sites (N-methyl/N-ethyl adjacent to an activating group) is 1. The minimum atomic E-state index is -4.43. The summed E-state index contributed by atoms with van der Waals surface area (Å²) in [4.78, 5) is 29.5. The maximum absolute atomic E-state index is 13.5. The molecule has 1 spiro atoms. The Balaban J connectivity index is 1.22. The second-order valence-electron chi connectivity index (χ2n) is 12.9. The predicted octanol–water partition coefficient (Wildman–Crippen LogP) is 4.74. The molecule has 0 radical (unpaired) electrons. The molecule has 2 aromatic carbocycles. The number of esters is 1. The van der Waals surface area contributed by atoms with Crippen molar-refractivity contribution in [2.24, 2.45) is 5.92 Å². The Bertz CT molecular complexity index is 1500. The maximum Gasteiger partial charge on any atom is 0.416 e. The van der Waals surface area contributed by atoms with E-state index in [2.05, 4.69) is 4.90 Å². The van der Waals surface area contributed by atoms with Crippen molar-refractivity contribution in [1.29, 1.82) is 0 Å². The summed E-state index contributed by atoms with van der Waals surface area (Å²) >= 11 is 0. The summed E-state index contributed by atoms with van der Waals surface area (Å²) in [7, 11) is 1.70. The van der Waals surface area contributed by atoms with Crippen LogP contribution in [-0.4, -0.2) is 70.7 Å². The van der Waals surface area contributed by atoms with E-state index in [1.165, 1.54) is 44.1 Å². The van der Waals surface area contributed by atoms with Crippen LogP contribution < -0.4 is 9.47 Å². The van der Waals surface area contributed by atoms with E-state index < -0.39 is 34.8 Å². The van der Waals surface area contributed by atoms with Crippen LogP contribution in [0.5, 0.6) is 11.5 Å². The Kier molecular flexibility index (Phi) is 6.49. The summed E-state index contributed by atoms with van der Waals surface area (Å²) in [6, 6.07) is 7.95. The van der Waals surface area contributed by atoms with Crippen molar-refractivity contribution < 1.29 is 37.3 Å². The molecule has 0 unspecified atom stereocenters. The summed E-state index contributed by atoms with van der Waals surface area (Å²) in [6.45, 7) is 3.12. The second-order valence-corrected chi connectivity index (χ2v) is 12.9. The number of halogens is 3. The number of hydrogen-bond donors (Lipinski definition) is 1. The average molecular weight is 597 g/mol. The van der Waals surface area contributed by atoms with Gasteiger partial charge in [-0.25, -0.2) is 0 Å². The number of aliphatic hydroxyl groups is 1. The van der Waals surface area contributed by atoms with Gasteiger partial charge in [0.05, 0.1) is 22.6 Å². The summed E-state index contributed by atoms with van der Waals surface area (Å²) in [6.07, 6.45) is 2.65. The largest absolute Gasteiger partial charge is 0.483 e. The fourth-order valence-corrected chi connectivity index (χ4v) is 8.31. The first-order chi connectivity index (χ1) is 20.4. The molecule has 228 valence electrons. The lowest BCUT2D eigenvalue weighted by Crippen LogP contribution is -2.78. The number of alkyl halides is 3. The Morgan fingerprint density at radius 3 is 2.56 bits per heavy atom. The van der Waals surface area contributed by atoms with E-state index in [1.807, 2.05) is 6.07 Å². The van der Waals surface area contributed by atoms with E-state index in [0.29, 0.717) is 48.7 Å². The number of nitrogens with zero attached hydrogens (tertiary/aromatic N) is 2. The van der Waals surface area contributed by atoms with Gasteiger partial charge in [0.25, 0.3) is 0 Å². The quantitative estimate of drug-likeness (QED) is 0.295. The molecule has 5 atom stereocenters. The lowest BCUT2D eigenvalue weighted by molar-refractivity contribution is -0.200. The minimum absolute atomic E-state index is 0.0764. The molecule has 3 aliphatic carbocycles. The molecule has 0 aromatic heterocycles. The van der Waals surface area contributed by atoms with Crippen molar-refractivity contribution in [3.05, 3.63) is 64.7 Å². The Morgan fingerprint density at radius 1 is 1.14 bits per heavy atom. The summed E-state index contributed by atoms with van der Waals surface area (Å²) in [5, 5.41) is 12.7. The highest BCUT2D eigenvalue weighted by atomic mass is 19.4. The number of ether oxygens (including phenoxy) is 2. The Labute approximate surface area is 248 Å². The van der Waals surface area contributed by atoms with Gasteiger partial charge in [-0.1, -0.05) is 18.2 Å². The van der Waals surface area contributed by atoms with Crippen molar-refractivity contribution in [3.8, 4) is 11.5 Å². The molecular formula is C33H35F3N2O5. The highest BCUT2D eigenvalue weighted by Crippen LogP contribution is 2.66. The molecule has 5 aliphatic rings. The fraction of sp³-hybridized carbons (Fsp3) is 0.515. The molecular weight excluding hydrogens is 561 g/mol. The highest BCUT2D eigenvalue weighted by molar-refractivity contribution is 5.92. The smallest absolute Gasteiger partial charge is 0.416 e. The van der Waals surface area contributed by atoms with E-state index in [0.717, 1.165) is 36.3 Å². The van der Waals surface area contributed by atoms with Gasteiger partial charge >= 0.3 is 12.1 Å². The third kappa shape index (κ3) is 4.39. The topological polar surface area (TPSA) is 79.3 Å². The molecule has 1 N–H and O–H groups in total. The van der Waals surface area contributed by atoms with Crippen molar-refractivity contribution in [2.45, 2.75) is 80.8 Å². The lowest BCUT2D eigenvalue weighted by Gasteiger charge is -2.64. The van der Waals surface area contributed by atoms with Gasteiger partial charge in [-0.15, -0.1) is 0 Å². The van der Waals surface area contributed by atoms with Gasteiger partial charge < -0.3 is 19.5 Å². The number of piperidine rings is 1. The van der Waals surface area contributed by atoms with Crippen LogP contribution in [0.2, 0.25) is 0 Å².